The van der Waals surface area contributed by atoms with E-state index < -0.39 is 0 Å². The molecule has 0 radical (unpaired) electrons. The summed E-state index contributed by atoms with van der Waals surface area (Å²) >= 11 is 6.03. The van der Waals surface area contributed by atoms with Crippen LogP contribution in [0.1, 0.15) is 31.2 Å². The molecule has 1 aromatic heterocycles. The fourth-order valence-electron chi connectivity index (χ4n) is 3.43. The first-order valence-electron chi connectivity index (χ1n) is 7.45. The van der Waals surface area contributed by atoms with Gasteiger partial charge in [0, 0.05) is 23.5 Å². The molecule has 2 aliphatic rings. The maximum Gasteiger partial charge on any atom is 0.130 e. The van der Waals surface area contributed by atoms with Gasteiger partial charge in [0.2, 0.25) is 0 Å². The van der Waals surface area contributed by atoms with Gasteiger partial charge in [-0.1, -0.05) is 11.6 Å². The topological polar surface area (TPSA) is 39.9 Å². The van der Waals surface area contributed by atoms with Crippen molar-refractivity contribution in [2.75, 3.05) is 18.0 Å². The van der Waals surface area contributed by atoms with Crippen molar-refractivity contribution in [3.8, 4) is 6.07 Å². The molecule has 2 fully saturated rings. The third kappa shape index (κ3) is 2.24. The summed E-state index contributed by atoms with van der Waals surface area (Å²) in [5.74, 6) is 0.937. The molecule has 0 amide bonds. The van der Waals surface area contributed by atoms with Crippen LogP contribution in [0.3, 0.4) is 0 Å². The minimum atomic E-state index is 0.543. The lowest BCUT2D eigenvalue weighted by atomic mass is 9.95. The fraction of sp³-hybridized carbons (Fsp3) is 0.412. The van der Waals surface area contributed by atoms with Gasteiger partial charge in [-0.15, -0.1) is 0 Å². The normalized spacial score (nSPS) is 19.7. The van der Waals surface area contributed by atoms with Crippen LogP contribution in [0.4, 0.5) is 5.82 Å². The first kappa shape index (κ1) is 12.9. The lowest BCUT2D eigenvalue weighted by molar-refractivity contribution is 0.394. The van der Waals surface area contributed by atoms with Gasteiger partial charge in [-0.2, -0.15) is 5.26 Å². The number of piperidine rings is 1. The number of rotatable bonds is 1. The lowest BCUT2D eigenvalue weighted by Gasteiger charge is -2.34. The molecule has 3 nitrogen and oxygen atoms in total. The molecule has 2 heterocycles. The Bertz CT molecular complexity index is 758. The molecule has 0 unspecified atom stereocenters. The highest BCUT2D eigenvalue weighted by molar-refractivity contribution is 6.31. The predicted molar refractivity (Wildman–Crippen MR) is 84.6 cm³/mol. The maximum absolute atomic E-state index is 9.42. The summed E-state index contributed by atoms with van der Waals surface area (Å²) in [7, 11) is 0. The zero-order valence-electron chi connectivity index (χ0n) is 11.8. The van der Waals surface area contributed by atoms with Gasteiger partial charge < -0.3 is 4.90 Å². The summed E-state index contributed by atoms with van der Waals surface area (Å²) in [6.45, 7) is 2.13. The number of hydrogen-bond donors (Lipinski definition) is 0. The van der Waals surface area contributed by atoms with Crippen molar-refractivity contribution in [3.63, 3.8) is 0 Å². The largest absolute Gasteiger partial charge is 0.356 e. The van der Waals surface area contributed by atoms with Gasteiger partial charge in [-0.3, -0.25) is 0 Å². The van der Waals surface area contributed by atoms with Gasteiger partial charge in [-0.25, -0.2) is 4.98 Å². The summed E-state index contributed by atoms with van der Waals surface area (Å²) in [5.41, 5.74) is 2.05. The molecular formula is C17H16ClN3. The molecule has 0 N–H and O–H groups in total. The average Bonchev–Trinajstić information content (AvgIpc) is 3.25. The molecule has 1 aromatic carbocycles. The second kappa shape index (κ2) is 4.61. The van der Waals surface area contributed by atoms with Crippen LogP contribution in [0.2, 0.25) is 5.02 Å². The van der Waals surface area contributed by atoms with Crippen LogP contribution >= 0.6 is 11.6 Å². The number of aromatic nitrogens is 1. The van der Waals surface area contributed by atoms with Crippen molar-refractivity contribution in [2.45, 2.75) is 25.7 Å². The van der Waals surface area contributed by atoms with Crippen molar-refractivity contribution in [2.24, 2.45) is 5.41 Å². The Morgan fingerprint density at radius 3 is 2.86 bits per heavy atom. The summed E-state index contributed by atoms with van der Waals surface area (Å²) in [6, 6.07) is 9.76. The summed E-state index contributed by atoms with van der Waals surface area (Å²) < 4.78 is 0. The second-order valence-electron chi connectivity index (χ2n) is 6.33. The van der Waals surface area contributed by atoms with Crippen LogP contribution in [-0.2, 0) is 0 Å². The zero-order valence-corrected chi connectivity index (χ0v) is 12.5. The highest BCUT2D eigenvalue weighted by Crippen LogP contribution is 2.52. The van der Waals surface area contributed by atoms with Crippen LogP contribution < -0.4 is 4.90 Å². The van der Waals surface area contributed by atoms with E-state index in [1.54, 1.807) is 0 Å². The van der Waals surface area contributed by atoms with E-state index in [4.69, 9.17) is 16.6 Å². The third-order valence-corrected chi connectivity index (χ3v) is 5.06. The Morgan fingerprint density at radius 1 is 1.24 bits per heavy atom. The Balaban J connectivity index is 1.79. The predicted octanol–water partition coefficient (Wildman–Crippen LogP) is 4.14. The first-order chi connectivity index (χ1) is 10.2. The van der Waals surface area contributed by atoms with E-state index in [1.807, 2.05) is 24.3 Å². The number of pyridine rings is 1. The van der Waals surface area contributed by atoms with E-state index in [9.17, 15) is 5.26 Å². The van der Waals surface area contributed by atoms with Crippen molar-refractivity contribution < 1.29 is 0 Å². The van der Waals surface area contributed by atoms with Crippen molar-refractivity contribution in [1.29, 1.82) is 5.26 Å². The van der Waals surface area contributed by atoms with Gasteiger partial charge in [0.15, 0.2) is 0 Å². The van der Waals surface area contributed by atoms with Gasteiger partial charge >= 0.3 is 0 Å². The SMILES string of the molecule is N#Cc1cc(N2CCCC3(CC3)C2)nc2ccc(Cl)cc12. The average molecular weight is 298 g/mol. The van der Waals surface area contributed by atoms with Crippen molar-refractivity contribution in [3.05, 3.63) is 34.9 Å². The summed E-state index contributed by atoms with van der Waals surface area (Å²) in [6.07, 6.45) is 5.26. The van der Waals surface area contributed by atoms with E-state index in [2.05, 4.69) is 11.0 Å². The minimum Gasteiger partial charge on any atom is -0.356 e. The molecule has 4 rings (SSSR count). The molecule has 1 aliphatic carbocycles. The summed E-state index contributed by atoms with van der Waals surface area (Å²) in [4.78, 5) is 7.11. The monoisotopic (exact) mass is 297 g/mol. The molecule has 1 saturated heterocycles. The van der Waals surface area contributed by atoms with Gasteiger partial charge in [0.25, 0.3) is 0 Å². The second-order valence-corrected chi connectivity index (χ2v) is 6.76. The Morgan fingerprint density at radius 2 is 2.10 bits per heavy atom. The molecule has 0 bridgehead atoms. The molecular weight excluding hydrogens is 282 g/mol. The van der Waals surface area contributed by atoms with E-state index in [0.29, 0.717) is 16.0 Å². The van der Waals surface area contributed by atoms with E-state index in [0.717, 1.165) is 29.8 Å². The molecule has 1 spiro atoms. The van der Waals surface area contributed by atoms with Crippen molar-refractivity contribution >= 4 is 28.3 Å². The Hall–Kier alpha value is -1.79. The molecule has 1 saturated carbocycles. The molecule has 21 heavy (non-hydrogen) atoms. The van der Waals surface area contributed by atoms with Crippen LogP contribution in [0.25, 0.3) is 10.9 Å². The Labute approximate surface area is 129 Å². The van der Waals surface area contributed by atoms with Crippen LogP contribution in [0.5, 0.6) is 0 Å². The number of benzene rings is 1. The maximum atomic E-state index is 9.42. The number of fused-ring (bicyclic) bond motifs is 1. The number of anilines is 1. The molecule has 4 heteroatoms. The molecule has 106 valence electrons. The quantitative estimate of drug-likeness (QED) is 0.794. The lowest BCUT2D eigenvalue weighted by Crippen LogP contribution is -2.37. The summed E-state index contributed by atoms with van der Waals surface area (Å²) in [5, 5.41) is 10.9. The number of hydrogen-bond acceptors (Lipinski definition) is 3. The number of halogens is 1. The van der Waals surface area contributed by atoms with Crippen molar-refractivity contribution in [1.82, 2.24) is 4.98 Å². The van der Waals surface area contributed by atoms with E-state index in [1.165, 1.54) is 25.7 Å². The first-order valence-corrected chi connectivity index (χ1v) is 7.82. The minimum absolute atomic E-state index is 0.543. The highest BCUT2D eigenvalue weighted by Gasteiger charge is 2.45. The standard InChI is InChI=1S/C17H16ClN3/c18-13-2-3-15-14(9-13)12(10-19)8-16(20-15)21-7-1-4-17(11-21)5-6-17/h2-3,8-9H,1,4-7,11H2. The molecule has 1 aliphatic heterocycles. The Kier molecular flexibility index (Phi) is 2.83. The highest BCUT2D eigenvalue weighted by atomic mass is 35.5. The zero-order chi connectivity index (χ0) is 14.4. The van der Waals surface area contributed by atoms with E-state index in [-0.39, 0.29) is 0 Å². The smallest absolute Gasteiger partial charge is 0.130 e. The third-order valence-electron chi connectivity index (χ3n) is 4.82. The van der Waals surface area contributed by atoms with E-state index >= 15 is 0 Å². The fourth-order valence-corrected chi connectivity index (χ4v) is 3.60. The molecule has 0 atom stereocenters. The van der Waals surface area contributed by atoms with Crippen LogP contribution in [-0.4, -0.2) is 18.1 Å². The number of nitriles is 1. The number of nitrogens with zero attached hydrogens (tertiary/aromatic N) is 3. The van der Waals surface area contributed by atoms with Gasteiger partial charge in [0.05, 0.1) is 17.1 Å². The van der Waals surface area contributed by atoms with Crippen LogP contribution in [0, 0.1) is 16.7 Å². The van der Waals surface area contributed by atoms with Gasteiger partial charge in [-0.05, 0) is 55.4 Å². The van der Waals surface area contributed by atoms with Gasteiger partial charge in [0.1, 0.15) is 5.82 Å². The van der Waals surface area contributed by atoms with Crippen LogP contribution in [0.15, 0.2) is 24.3 Å². The molecule has 2 aromatic rings.